The third-order valence-electron chi connectivity index (χ3n) is 3.08. The van der Waals surface area contributed by atoms with Crippen molar-refractivity contribution in [3.8, 4) is 0 Å². The first kappa shape index (κ1) is 16.2. The largest absolute Gasteiger partial charge is 0.478 e. The summed E-state index contributed by atoms with van der Waals surface area (Å²) in [5, 5.41) is 12.2. The summed E-state index contributed by atoms with van der Waals surface area (Å²) in [7, 11) is 3.84. The van der Waals surface area contributed by atoms with Gasteiger partial charge in [-0.3, -0.25) is 4.79 Å². The number of nitrogens with one attached hydrogen (secondary N) is 1. The molecule has 1 aromatic rings. The van der Waals surface area contributed by atoms with Crippen LogP contribution in [0.4, 0.5) is 0 Å². The SMILES string of the molecule is Cc1ccc(C)c(C(=O)NC(C)CN(C)C)c1C(=O)O. The summed E-state index contributed by atoms with van der Waals surface area (Å²) in [5.74, 6) is -1.41. The highest BCUT2D eigenvalue weighted by Crippen LogP contribution is 2.19. The summed E-state index contributed by atoms with van der Waals surface area (Å²) < 4.78 is 0. The molecule has 1 aromatic carbocycles. The van der Waals surface area contributed by atoms with Crippen LogP contribution >= 0.6 is 0 Å². The van der Waals surface area contributed by atoms with E-state index in [9.17, 15) is 14.7 Å². The zero-order valence-electron chi connectivity index (χ0n) is 12.7. The lowest BCUT2D eigenvalue weighted by Crippen LogP contribution is -2.40. The molecule has 0 fully saturated rings. The molecule has 1 rings (SSSR count). The normalized spacial score (nSPS) is 12.3. The Labute approximate surface area is 119 Å². The van der Waals surface area contributed by atoms with E-state index in [0.29, 0.717) is 17.7 Å². The Morgan fingerprint density at radius 1 is 1.20 bits per heavy atom. The summed E-state index contributed by atoms with van der Waals surface area (Å²) >= 11 is 0. The Morgan fingerprint density at radius 2 is 1.70 bits per heavy atom. The molecule has 5 heteroatoms. The molecule has 0 saturated heterocycles. The van der Waals surface area contributed by atoms with Crippen molar-refractivity contribution >= 4 is 11.9 Å². The number of rotatable bonds is 5. The van der Waals surface area contributed by atoms with Crippen LogP contribution in [0.3, 0.4) is 0 Å². The Morgan fingerprint density at radius 3 is 2.15 bits per heavy atom. The number of hydrogen-bond acceptors (Lipinski definition) is 3. The monoisotopic (exact) mass is 278 g/mol. The second-order valence-corrected chi connectivity index (χ2v) is 5.39. The molecule has 0 spiro atoms. The number of aryl methyl sites for hydroxylation is 2. The molecule has 0 heterocycles. The zero-order valence-corrected chi connectivity index (χ0v) is 12.7. The lowest BCUT2D eigenvalue weighted by atomic mass is 9.96. The number of hydrogen-bond donors (Lipinski definition) is 2. The van der Waals surface area contributed by atoms with Crippen molar-refractivity contribution in [3.05, 3.63) is 34.4 Å². The summed E-state index contributed by atoms with van der Waals surface area (Å²) in [6.07, 6.45) is 0. The van der Waals surface area contributed by atoms with E-state index in [4.69, 9.17) is 0 Å². The molecule has 20 heavy (non-hydrogen) atoms. The molecular weight excluding hydrogens is 256 g/mol. The van der Waals surface area contributed by atoms with E-state index in [1.807, 2.05) is 25.9 Å². The topological polar surface area (TPSA) is 69.6 Å². The number of aromatic carboxylic acids is 1. The van der Waals surface area contributed by atoms with E-state index in [-0.39, 0.29) is 23.1 Å². The number of carbonyl (C=O) groups excluding carboxylic acids is 1. The first-order valence-corrected chi connectivity index (χ1v) is 6.53. The molecule has 0 aromatic heterocycles. The highest BCUT2D eigenvalue weighted by atomic mass is 16.4. The van der Waals surface area contributed by atoms with E-state index >= 15 is 0 Å². The zero-order chi connectivity index (χ0) is 15.4. The number of likely N-dealkylation sites (N-methyl/N-ethyl adjacent to an activating group) is 1. The molecule has 0 aliphatic heterocycles. The second-order valence-electron chi connectivity index (χ2n) is 5.39. The molecule has 1 amide bonds. The highest BCUT2D eigenvalue weighted by molar-refractivity contribution is 6.06. The quantitative estimate of drug-likeness (QED) is 0.860. The standard InChI is InChI=1S/C15H22N2O3/c1-9-6-7-10(2)13(15(19)20)12(9)14(18)16-11(3)8-17(4)5/h6-7,11H,8H2,1-5H3,(H,16,18)(H,19,20). The number of carbonyl (C=O) groups is 2. The molecule has 1 atom stereocenters. The van der Waals surface area contributed by atoms with Crippen LogP contribution in [0.5, 0.6) is 0 Å². The third kappa shape index (κ3) is 3.81. The van der Waals surface area contributed by atoms with Crippen molar-refractivity contribution in [3.63, 3.8) is 0 Å². The van der Waals surface area contributed by atoms with Crippen LogP contribution in [0, 0.1) is 13.8 Å². The number of carboxylic acid groups (broad SMARTS) is 1. The van der Waals surface area contributed by atoms with E-state index in [1.165, 1.54) is 0 Å². The molecule has 0 radical (unpaired) electrons. The molecule has 110 valence electrons. The number of amides is 1. The smallest absolute Gasteiger partial charge is 0.336 e. The van der Waals surface area contributed by atoms with Gasteiger partial charge in [0.25, 0.3) is 5.91 Å². The van der Waals surface area contributed by atoms with Crippen LogP contribution in [0.25, 0.3) is 0 Å². The summed E-state index contributed by atoms with van der Waals surface area (Å²) in [5.41, 5.74) is 1.60. The van der Waals surface area contributed by atoms with Crippen molar-refractivity contribution in [2.45, 2.75) is 26.8 Å². The van der Waals surface area contributed by atoms with Gasteiger partial charge in [0.15, 0.2) is 0 Å². The number of benzene rings is 1. The summed E-state index contributed by atoms with van der Waals surface area (Å²) in [4.78, 5) is 25.7. The fourth-order valence-corrected chi connectivity index (χ4v) is 2.27. The lowest BCUT2D eigenvalue weighted by Gasteiger charge is -2.20. The minimum Gasteiger partial charge on any atom is -0.478 e. The Bertz CT molecular complexity index is 524. The van der Waals surface area contributed by atoms with Gasteiger partial charge in [0.1, 0.15) is 0 Å². The lowest BCUT2D eigenvalue weighted by molar-refractivity contribution is 0.0689. The summed E-state index contributed by atoms with van der Waals surface area (Å²) in [6.45, 7) is 6.03. The van der Waals surface area contributed by atoms with Gasteiger partial charge in [0, 0.05) is 12.6 Å². The van der Waals surface area contributed by atoms with Gasteiger partial charge in [-0.25, -0.2) is 4.79 Å². The number of nitrogens with zero attached hydrogens (tertiary/aromatic N) is 1. The highest BCUT2D eigenvalue weighted by Gasteiger charge is 2.22. The van der Waals surface area contributed by atoms with Crippen molar-refractivity contribution in [1.29, 1.82) is 0 Å². The van der Waals surface area contributed by atoms with E-state index in [2.05, 4.69) is 5.32 Å². The average molecular weight is 278 g/mol. The molecule has 5 nitrogen and oxygen atoms in total. The summed E-state index contributed by atoms with van der Waals surface area (Å²) in [6, 6.07) is 3.44. The average Bonchev–Trinajstić information content (AvgIpc) is 2.29. The van der Waals surface area contributed by atoms with Crippen molar-refractivity contribution in [2.75, 3.05) is 20.6 Å². The minimum atomic E-state index is -1.07. The maximum atomic E-state index is 12.3. The van der Waals surface area contributed by atoms with Gasteiger partial charge in [-0.1, -0.05) is 12.1 Å². The second kappa shape index (κ2) is 6.52. The predicted molar refractivity (Wildman–Crippen MR) is 78.4 cm³/mol. The van der Waals surface area contributed by atoms with Crippen LogP contribution in [0.2, 0.25) is 0 Å². The first-order valence-electron chi connectivity index (χ1n) is 6.53. The van der Waals surface area contributed by atoms with Crippen molar-refractivity contribution < 1.29 is 14.7 Å². The van der Waals surface area contributed by atoms with Gasteiger partial charge in [-0.2, -0.15) is 0 Å². The van der Waals surface area contributed by atoms with Crippen LogP contribution in [-0.4, -0.2) is 48.6 Å². The minimum absolute atomic E-state index is 0.0564. The number of carboxylic acids is 1. The fourth-order valence-electron chi connectivity index (χ4n) is 2.27. The Kier molecular flexibility index (Phi) is 5.27. The Balaban J connectivity index is 3.09. The van der Waals surface area contributed by atoms with E-state index in [1.54, 1.807) is 26.0 Å². The molecular formula is C15H22N2O3. The van der Waals surface area contributed by atoms with Gasteiger partial charge in [0.2, 0.25) is 0 Å². The van der Waals surface area contributed by atoms with Crippen LogP contribution in [0.15, 0.2) is 12.1 Å². The first-order chi connectivity index (χ1) is 9.23. The molecule has 0 saturated carbocycles. The maximum absolute atomic E-state index is 12.3. The van der Waals surface area contributed by atoms with Gasteiger partial charge in [0.05, 0.1) is 11.1 Å². The van der Waals surface area contributed by atoms with Crippen LogP contribution < -0.4 is 5.32 Å². The van der Waals surface area contributed by atoms with E-state index < -0.39 is 5.97 Å². The maximum Gasteiger partial charge on any atom is 0.336 e. The fraction of sp³-hybridized carbons (Fsp3) is 0.467. The van der Waals surface area contributed by atoms with Gasteiger partial charge >= 0.3 is 5.97 Å². The van der Waals surface area contributed by atoms with Gasteiger partial charge in [-0.15, -0.1) is 0 Å². The van der Waals surface area contributed by atoms with Crippen molar-refractivity contribution in [2.24, 2.45) is 0 Å². The molecule has 0 bridgehead atoms. The predicted octanol–water partition coefficient (Wildman–Crippen LogP) is 1.68. The van der Waals surface area contributed by atoms with Crippen LogP contribution in [-0.2, 0) is 0 Å². The molecule has 0 aliphatic carbocycles. The molecule has 0 aliphatic rings. The molecule has 1 unspecified atom stereocenters. The van der Waals surface area contributed by atoms with Crippen LogP contribution in [0.1, 0.15) is 38.8 Å². The van der Waals surface area contributed by atoms with Crippen molar-refractivity contribution in [1.82, 2.24) is 10.2 Å². The third-order valence-corrected chi connectivity index (χ3v) is 3.08. The van der Waals surface area contributed by atoms with Gasteiger partial charge in [-0.05, 0) is 46.0 Å². The van der Waals surface area contributed by atoms with E-state index in [0.717, 1.165) is 0 Å². The van der Waals surface area contributed by atoms with Gasteiger partial charge < -0.3 is 15.3 Å². The Hall–Kier alpha value is -1.88. The molecule has 2 N–H and O–H groups in total.